The summed E-state index contributed by atoms with van der Waals surface area (Å²) in [5, 5.41) is 2.14. The van der Waals surface area contributed by atoms with Gasteiger partial charge in [-0.2, -0.15) is 0 Å². The summed E-state index contributed by atoms with van der Waals surface area (Å²) in [5.41, 5.74) is 0. The minimum atomic E-state index is 0.778. The fourth-order valence-electron chi connectivity index (χ4n) is 1.27. The molecule has 1 fully saturated rings. The summed E-state index contributed by atoms with van der Waals surface area (Å²) in [6, 6.07) is 4.32. The van der Waals surface area contributed by atoms with Crippen molar-refractivity contribution in [3.8, 4) is 0 Å². The van der Waals surface area contributed by atoms with Crippen molar-refractivity contribution in [1.82, 2.24) is 0 Å². The zero-order chi connectivity index (χ0) is 6.97. The van der Waals surface area contributed by atoms with E-state index in [-0.39, 0.29) is 0 Å². The summed E-state index contributed by atoms with van der Waals surface area (Å²) >= 11 is 7.57. The first-order valence-electron chi connectivity index (χ1n) is 3.51. The monoisotopic (exact) mass is 172 g/mol. The average Bonchev–Trinajstić information content (AvgIpc) is 2.56. The van der Waals surface area contributed by atoms with E-state index in [2.05, 4.69) is 17.5 Å². The summed E-state index contributed by atoms with van der Waals surface area (Å²) in [5.74, 6) is 2.42. The second kappa shape index (κ2) is 2.55. The van der Waals surface area contributed by atoms with Crippen LogP contribution >= 0.6 is 22.9 Å². The maximum atomic E-state index is 5.72. The van der Waals surface area contributed by atoms with Gasteiger partial charge in [-0.1, -0.05) is 6.07 Å². The normalized spacial score (nSPS) is 30.5. The van der Waals surface area contributed by atoms with Crippen LogP contribution in [0.2, 0.25) is 0 Å². The molecule has 2 rings (SSSR count). The van der Waals surface area contributed by atoms with E-state index < -0.39 is 0 Å². The lowest BCUT2D eigenvalue weighted by atomic mass is 10.3. The van der Waals surface area contributed by atoms with Gasteiger partial charge in [0.25, 0.3) is 0 Å². The summed E-state index contributed by atoms with van der Waals surface area (Å²) in [6.07, 6.45) is 1.31. The average molecular weight is 173 g/mol. The van der Waals surface area contributed by atoms with Crippen LogP contribution in [0.15, 0.2) is 17.5 Å². The van der Waals surface area contributed by atoms with Crippen LogP contribution in [0, 0.1) is 5.92 Å². The molecule has 1 aliphatic carbocycles. The Balaban J connectivity index is 2.05. The topological polar surface area (TPSA) is 0 Å². The highest BCUT2D eigenvalue weighted by Crippen LogP contribution is 2.49. The van der Waals surface area contributed by atoms with Gasteiger partial charge in [-0.15, -0.1) is 22.9 Å². The molecular weight excluding hydrogens is 164 g/mol. The first-order valence-corrected chi connectivity index (χ1v) is 4.92. The molecule has 0 radical (unpaired) electrons. The van der Waals surface area contributed by atoms with E-state index in [0.29, 0.717) is 0 Å². The third kappa shape index (κ3) is 1.08. The van der Waals surface area contributed by atoms with Crippen LogP contribution in [-0.4, -0.2) is 5.88 Å². The fourth-order valence-corrected chi connectivity index (χ4v) is 2.54. The second-order valence-electron chi connectivity index (χ2n) is 2.77. The van der Waals surface area contributed by atoms with Crippen LogP contribution in [-0.2, 0) is 0 Å². The van der Waals surface area contributed by atoms with Gasteiger partial charge in [0.1, 0.15) is 0 Å². The molecule has 0 bridgehead atoms. The molecule has 1 heterocycles. The van der Waals surface area contributed by atoms with Gasteiger partial charge in [0, 0.05) is 10.8 Å². The van der Waals surface area contributed by atoms with Gasteiger partial charge in [-0.3, -0.25) is 0 Å². The highest BCUT2D eigenvalue weighted by Gasteiger charge is 2.37. The molecule has 2 unspecified atom stereocenters. The van der Waals surface area contributed by atoms with E-state index >= 15 is 0 Å². The lowest BCUT2D eigenvalue weighted by Gasteiger charge is -1.88. The van der Waals surface area contributed by atoms with Crippen LogP contribution in [0.5, 0.6) is 0 Å². The van der Waals surface area contributed by atoms with E-state index in [4.69, 9.17) is 11.6 Å². The zero-order valence-corrected chi connectivity index (χ0v) is 7.16. The van der Waals surface area contributed by atoms with E-state index in [9.17, 15) is 0 Å². The van der Waals surface area contributed by atoms with Crippen molar-refractivity contribution in [3.63, 3.8) is 0 Å². The Morgan fingerprint density at radius 3 is 3.10 bits per heavy atom. The van der Waals surface area contributed by atoms with Crippen LogP contribution in [0.25, 0.3) is 0 Å². The Labute approximate surface area is 69.8 Å². The van der Waals surface area contributed by atoms with Gasteiger partial charge in [0.15, 0.2) is 0 Å². The number of alkyl halides is 1. The number of hydrogen-bond donors (Lipinski definition) is 0. The molecule has 0 amide bonds. The maximum absolute atomic E-state index is 5.72. The summed E-state index contributed by atoms with van der Waals surface area (Å²) in [7, 11) is 0. The second-order valence-corrected chi connectivity index (χ2v) is 4.06. The zero-order valence-electron chi connectivity index (χ0n) is 5.59. The molecule has 1 aliphatic rings. The van der Waals surface area contributed by atoms with Crippen molar-refractivity contribution in [2.75, 3.05) is 5.88 Å². The van der Waals surface area contributed by atoms with Gasteiger partial charge in [-0.05, 0) is 29.7 Å². The van der Waals surface area contributed by atoms with Crippen LogP contribution < -0.4 is 0 Å². The molecule has 0 nitrogen and oxygen atoms in total. The Kier molecular flexibility index (Phi) is 1.71. The van der Waals surface area contributed by atoms with Crippen molar-refractivity contribution >= 4 is 22.9 Å². The molecule has 1 aromatic rings. The van der Waals surface area contributed by atoms with Gasteiger partial charge >= 0.3 is 0 Å². The quantitative estimate of drug-likeness (QED) is 0.602. The molecule has 1 saturated carbocycles. The van der Waals surface area contributed by atoms with Gasteiger partial charge in [0.05, 0.1) is 0 Å². The number of halogens is 1. The van der Waals surface area contributed by atoms with Crippen molar-refractivity contribution in [2.24, 2.45) is 5.92 Å². The van der Waals surface area contributed by atoms with Crippen molar-refractivity contribution in [1.29, 1.82) is 0 Å². The van der Waals surface area contributed by atoms with Crippen molar-refractivity contribution in [2.45, 2.75) is 12.3 Å². The van der Waals surface area contributed by atoms with Crippen molar-refractivity contribution < 1.29 is 0 Å². The predicted octanol–water partition coefficient (Wildman–Crippen LogP) is 3.09. The molecule has 1 aromatic heterocycles. The highest BCUT2D eigenvalue weighted by atomic mass is 35.5. The molecular formula is C8H9ClS. The molecule has 0 N–H and O–H groups in total. The summed E-state index contributed by atoms with van der Waals surface area (Å²) < 4.78 is 0. The Morgan fingerprint density at radius 2 is 2.60 bits per heavy atom. The van der Waals surface area contributed by atoms with Crippen molar-refractivity contribution in [3.05, 3.63) is 22.4 Å². The molecule has 10 heavy (non-hydrogen) atoms. The van der Waals surface area contributed by atoms with Crippen LogP contribution in [0.3, 0.4) is 0 Å². The predicted molar refractivity (Wildman–Crippen MR) is 45.9 cm³/mol. The number of rotatable bonds is 2. The Morgan fingerprint density at radius 1 is 1.70 bits per heavy atom. The van der Waals surface area contributed by atoms with Gasteiger partial charge in [-0.25, -0.2) is 0 Å². The highest BCUT2D eigenvalue weighted by molar-refractivity contribution is 7.10. The smallest absolute Gasteiger partial charge is 0.0258 e. The first kappa shape index (κ1) is 6.68. The van der Waals surface area contributed by atoms with E-state index in [1.807, 2.05) is 11.3 Å². The van der Waals surface area contributed by atoms with Gasteiger partial charge < -0.3 is 0 Å². The summed E-state index contributed by atoms with van der Waals surface area (Å²) in [6.45, 7) is 0. The lowest BCUT2D eigenvalue weighted by Crippen LogP contribution is -1.78. The molecule has 2 atom stereocenters. The minimum Gasteiger partial charge on any atom is -0.149 e. The largest absolute Gasteiger partial charge is 0.149 e. The molecule has 0 spiro atoms. The Bertz CT molecular complexity index is 205. The minimum absolute atomic E-state index is 0.778. The van der Waals surface area contributed by atoms with E-state index in [0.717, 1.165) is 17.7 Å². The molecule has 0 aromatic carbocycles. The fraction of sp³-hybridized carbons (Fsp3) is 0.500. The summed E-state index contributed by atoms with van der Waals surface area (Å²) in [4.78, 5) is 1.52. The van der Waals surface area contributed by atoms with Gasteiger partial charge in [0.2, 0.25) is 0 Å². The molecule has 0 aliphatic heterocycles. The third-order valence-corrected chi connectivity index (χ3v) is 3.43. The molecule has 0 saturated heterocycles. The number of hydrogen-bond acceptors (Lipinski definition) is 1. The number of thiophene rings is 1. The lowest BCUT2D eigenvalue weighted by molar-refractivity contribution is 0.935. The molecule has 2 heteroatoms. The molecule has 54 valence electrons. The first-order chi connectivity index (χ1) is 4.92. The van der Waals surface area contributed by atoms with E-state index in [1.165, 1.54) is 11.3 Å². The standard InChI is InChI=1S/C8H9ClS/c9-5-6-4-7(6)8-2-1-3-10-8/h1-3,6-7H,4-5H2. The van der Waals surface area contributed by atoms with E-state index in [1.54, 1.807) is 0 Å². The van der Waals surface area contributed by atoms with Crippen LogP contribution in [0.1, 0.15) is 17.2 Å². The van der Waals surface area contributed by atoms with Crippen LogP contribution in [0.4, 0.5) is 0 Å². The SMILES string of the molecule is ClCC1CC1c1cccs1. The maximum Gasteiger partial charge on any atom is 0.0258 e. The Hall–Kier alpha value is -0.0100. The third-order valence-electron chi connectivity index (χ3n) is 2.03.